The number of hydrogen-bond donors (Lipinski definition) is 1. The van der Waals surface area contributed by atoms with Crippen LogP contribution in [0.5, 0.6) is 0 Å². The fraction of sp³-hybridized carbons (Fsp3) is 0.100. The molecule has 0 aliphatic rings. The highest BCUT2D eigenvalue weighted by Crippen LogP contribution is 2.22. The molecular formula is C10H9ClFN3O2S. The number of aromatic nitrogens is 2. The molecule has 1 aromatic carbocycles. The van der Waals surface area contributed by atoms with Crippen molar-refractivity contribution in [1.29, 1.82) is 0 Å². The predicted octanol–water partition coefficient (Wildman–Crippen LogP) is 2.01. The van der Waals surface area contributed by atoms with Gasteiger partial charge in [0.25, 0.3) is 10.0 Å². The van der Waals surface area contributed by atoms with E-state index in [9.17, 15) is 12.8 Å². The number of rotatable bonds is 3. The SMILES string of the molecule is Cn1cnc(S(=O)(=O)Nc2ccccc2F)c1Cl. The molecule has 5 nitrogen and oxygen atoms in total. The number of benzene rings is 1. The van der Waals surface area contributed by atoms with Crippen LogP contribution in [0.2, 0.25) is 5.15 Å². The lowest BCUT2D eigenvalue weighted by molar-refractivity contribution is 0.595. The number of para-hydroxylation sites is 1. The Balaban J connectivity index is 2.40. The van der Waals surface area contributed by atoms with E-state index in [2.05, 4.69) is 9.71 Å². The van der Waals surface area contributed by atoms with Crippen LogP contribution in [0.15, 0.2) is 35.6 Å². The highest BCUT2D eigenvalue weighted by molar-refractivity contribution is 7.92. The third-order valence-electron chi connectivity index (χ3n) is 2.21. The summed E-state index contributed by atoms with van der Waals surface area (Å²) >= 11 is 5.79. The van der Waals surface area contributed by atoms with Gasteiger partial charge in [0, 0.05) is 7.05 Å². The lowest BCUT2D eigenvalue weighted by atomic mass is 10.3. The second kappa shape index (κ2) is 4.58. The first-order valence-electron chi connectivity index (χ1n) is 4.86. The molecule has 0 radical (unpaired) electrons. The molecule has 1 N–H and O–H groups in total. The number of nitrogens with one attached hydrogen (secondary N) is 1. The van der Waals surface area contributed by atoms with Gasteiger partial charge in [-0.25, -0.2) is 9.37 Å². The maximum atomic E-state index is 13.4. The van der Waals surface area contributed by atoms with Crippen molar-refractivity contribution in [2.45, 2.75) is 5.03 Å². The summed E-state index contributed by atoms with van der Waals surface area (Å²) in [7, 11) is -2.45. The van der Waals surface area contributed by atoms with Gasteiger partial charge in [-0.1, -0.05) is 23.7 Å². The van der Waals surface area contributed by atoms with E-state index in [1.807, 2.05) is 0 Å². The van der Waals surface area contributed by atoms with Crippen LogP contribution < -0.4 is 4.72 Å². The van der Waals surface area contributed by atoms with Gasteiger partial charge < -0.3 is 4.57 Å². The molecule has 18 heavy (non-hydrogen) atoms. The average molecular weight is 290 g/mol. The van der Waals surface area contributed by atoms with Gasteiger partial charge in [-0.3, -0.25) is 4.72 Å². The summed E-state index contributed by atoms with van der Waals surface area (Å²) in [5.74, 6) is -0.673. The zero-order chi connectivity index (χ0) is 13.3. The van der Waals surface area contributed by atoms with Gasteiger partial charge in [-0.2, -0.15) is 8.42 Å². The van der Waals surface area contributed by atoms with Crippen LogP contribution in [-0.4, -0.2) is 18.0 Å². The van der Waals surface area contributed by atoms with Crippen molar-refractivity contribution in [2.75, 3.05) is 4.72 Å². The normalized spacial score (nSPS) is 11.5. The van der Waals surface area contributed by atoms with Gasteiger partial charge in [0.05, 0.1) is 12.0 Å². The number of hydrogen-bond acceptors (Lipinski definition) is 3. The molecule has 0 aliphatic carbocycles. The molecule has 0 spiro atoms. The molecule has 0 aliphatic heterocycles. The first-order valence-corrected chi connectivity index (χ1v) is 6.72. The molecule has 0 unspecified atom stereocenters. The van der Waals surface area contributed by atoms with Crippen molar-refractivity contribution in [2.24, 2.45) is 7.05 Å². The van der Waals surface area contributed by atoms with Gasteiger partial charge in [-0.05, 0) is 12.1 Å². The van der Waals surface area contributed by atoms with Gasteiger partial charge in [0.15, 0.2) is 0 Å². The maximum absolute atomic E-state index is 13.4. The van der Waals surface area contributed by atoms with Crippen LogP contribution in [-0.2, 0) is 17.1 Å². The quantitative estimate of drug-likeness (QED) is 0.940. The van der Waals surface area contributed by atoms with E-state index in [-0.39, 0.29) is 15.9 Å². The molecule has 1 aromatic heterocycles. The molecule has 0 saturated heterocycles. The minimum absolute atomic E-state index is 0.0427. The van der Waals surface area contributed by atoms with Gasteiger partial charge >= 0.3 is 0 Å². The van der Waals surface area contributed by atoms with E-state index in [0.717, 1.165) is 6.07 Å². The van der Waals surface area contributed by atoms with Crippen molar-refractivity contribution in [3.63, 3.8) is 0 Å². The minimum Gasteiger partial charge on any atom is -0.324 e. The van der Waals surface area contributed by atoms with E-state index in [1.165, 1.54) is 29.1 Å². The standard InChI is InChI=1S/C10H9ClFN3O2S/c1-15-6-13-10(9(15)11)18(16,17)14-8-5-3-2-4-7(8)12/h2-6,14H,1H3. The smallest absolute Gasteiger partial charge is 0.282 e. The Morgan fingerprint density at radius 1 is 1.39 bits per heavy atom. The van der Waals surface area contributed by atoms with Gasteiger partial charge in [-0.15, -0.1) is 0 Å². The number of imidazole rings is 1. The number of halogens is 2. The van der Waals surface area contributed by atoms with Crippen molar-refractivity contribution in [3.05, 3.63) is 41.6 Å². The summed E-state index contributed by atoms with van der Waals surface area (Å²) in [4.78, 5) is 3.67. The summed E-state index contributed by atoms with van der Waals surface area (Å²) < 4.78 is 40.7. The van der Waals surface area contributed by atoms with E-state index < -0.39 is 15.8 Å². The summed E-state index contributed by atoms with van der Waals surface area (Å²) in [6, 6.07) is 5.43. The average Bonchev–Trinajstić information content (AvgIpc) is 2.63. The lowest BCUT2D eigenvalue weighted by Gasteiger charge is -2.07. The first kappa shape index (κ1) is 12.8. The Hall–Kier alpha value is -1.60. The van der Waals surface area contributed by atoms with Gasteiger partial charge in [0.1, 0.15) is 11.0 Å². The van der Waals surface area contributed by atoms with E-state index in [4.69, 9.17) is 11.6 Å². The van der Waals surface area contributed by atoms with Crippen molar-refractivity contribution >= 4 is 27.3 Å². The highest BCUT2D eigenvalue weighted by atomic mass is 35.5. The second-order valence-electron chi connectivity index (χ2n) is 3.54. The molecule has 1 heterocycles. The Morgan fingerprint density at radius 2 is 2.06 bits per heavy atom. The third-order valence-corrected chi connectivity index (χ3v) is 4.06. The zero-order valence-electron chi connectivity index (χ0n) is 9.26. The summed E-state index contributed by atoms with van der Waals surface area (Å²) in [6.07, 6.45) is 1.26. The van der Waals surface area contributed by atoms with Crippen LogP contribution >= 0.6 is 11.6 Å². The van der Waals surface area contributed by atoms with Crippen LogP contribution in [0.1, 0.15) is 0 Å². The first-order chi connectivity index (χ1) is 8.42. The predicted molar refractivity (Wildman–Crippen MR) is 65.4 cm³/mol. The van der Waals surface area contributed by atoms with Gasteiger partial charge in [0.2, 0.25) is 5.03 Å². The van der Waals surface area contributed by atoms with E-state index in [1.54, 1.807) is 7.05 Å². The number of anilines is 1. The third kappa shape index (κ3) is 2.32. The fourth-order valence-corrected chi connectivity index (χ4v) is 2.81. The molecule has 0 bridgehead atoms. The zero-order valence-corrected chi connectivity index (χ0v) is 10.8. The highest BCUT2D eigenvalue weighted by Gasteiger charge is 2.23. The molecule has 96 valence electrons. The molecule has 2 rings (SSSR count). The Morgan fingerprint density at radius 3 is 2.61 bits per heavy atom. The topological polar surface area (TPSA) is 64.0 Å². The Kier molecular flexibility index (Phi) is 3.27. The van der Waals surface area contributed by atoms with Crippen LogP contribution in [0.25, 0.3) is 0 Å². The Bertz CT molecular complexity index is 684. The van der Waals surface area contributed by atoms with Crippen LogP contribution in [0.4, 0.5) is 10.1 Å². The molecule has 0 atom stereocenters. The van der Waals surface area contributed by atoms with Crippen molar-refractivity contribution in [3.8, 4) is 0 Å². The van der Waals surface area contributed by atoms with E-state index >= 15 is 0 Å². The lowest BCUT2D eigenvalue weighted by Crippen LogP contribution is -2.15. The van der Waals surface area contributed by atoms with Crippen molar-refractivity contribution < 1.29 is 12.8 Å². The van der Waals surface area contributed by atoms with Crippen LogP contribution in [0, 0.1) is 5.82 Å². The van der Waals surface area contributed by atoms with Crippen molar-refractivity contribution in [1.82, 2.24) is 9.55 Å². The molecular weight excluding hydrogens is 281 g/mol. The maximum Gasteiger partial charge on any atom is 0.282 e. The minimum atomic E-state index is -4.00. The summed E-state index contributed by atoms with van der Waals surface area (Å²) in [5.41, 5.74) is -0.154. The second-order valence-corrected chi connectivity index (χ2v) is 5.49. The summed E-state index contributed by atoms with van der Waals surface area (Å²) in [5, 5.41) is -0.381. The Labute approximate surface area is 108 Å². The largest absolute Gasteiger partial charge is 0.324 e. The molecule has 8 heteroatoms. The number of sulfonamides is 1. The fourth-order valence-electron chi connectivity index (χ4n) is 1.31. The molecule has 0 amide bonds. The molecule has 0 fully saturated rings. The van der Waals surface area contributed by atoms with Crippen LogP contribution in [0.3, 0.4) is 0 Å². The number of nitrogens with zero attached hydrogens (tertiary/aromatic N) is 2. The van der Waals surface area contributed by atoms with E-state index in [0.29, 0.717) is 0 Å². The molecule has 0 saturated carbocycles. The molecule has 2 aromatic rings. The summed E-state index contributed by atoms with van der Waals surface area (Å²) in [6.45, 7) is 0. The number of aryl methyl sites for hydroxylation is 1. The monoisotopic (exact) mass is 289 g/mol.